The quantitative estimate of drug-likeness (QED) is 0.827. The molecule has 1 aliphatic rings. The minimum atomic E-state index is -0.0211. The van der Waals surface area contributed by atoms with Gasteiger partial charge in [0.25, 0.3) is 5.91 Å². The van der Waals surface area contributed by atoms with Crippen molar-refractivity contribution in [2.24, 2.45) is 0 Å². The normalized spacial score (nSPS) is 16.3. The average molecular weight is 261 g/mol. The first-order valence-corrected chi connectivity index (χ1v) is 7.18. The average Bonchev–Trinajstić information content (AvgIpc) is 2.48. The Morgan fingerprint density at radius 2 is 1.89 bits per heavy atom. The lowest BCUT2D eigenvalue weighted by Crippen LogP contribution is -2.26. The topological polar surface area (TPSA) is 38.3 Å². The number of hydrogen-bond donors (Lipinski definition) is 1. The lowest BCUT2D eigenvalue weighted by atomic mass is 9.84. The first kappa shape index (κ1) is 14.1. The molecule has 3 heteroatoms. The van der Waals surface area contributed by atoms with Gasteiger partial charge in [0.2, 0.25) is 0 Å². The minimum Gasteiger partial charge on any atom is -0.383 e. The molecule has 0 aromatic heterocycles. The Kier molecular flexibility index (Phi) is 5.40. The Labute approximate surface area is 115 Å². The minimum absolute atomic E-state index is 0.0211. The highest BCUT2D eigenvalue weighted by Gasteiger charge is 2.15. The number of carbonyl (C=O) groups is 1. The molecule has 3 nitrogen and oxygen atoms in total. The molecular formula is C16H23NO2. The molecule has 1 aromatic rings. The van der Waals surface area contributed by atoms with Gasteiger partial charge < -0.3 is 10.1 Å². The molecule has 1 N–H and O–H groups in total. The van der Waals surface area contributed by atoms with Gasteiger partial charge in [-0.1, -0.05) is 31.4 Å². The second-order valence-corrected chi connectivity index (χ2v) is 5.21. The Hall–Kier alpha value is -1.35. The first-order chi connectivity index (χ1) is 9.31. The molecule has 1 fully saturated rings. The van der Waals surface area contributed by atoms with Crippen LogP contribution in [0.15, 0.2) is 24.3 Å². The van der Waals surface area contributed by atoms with Crippen LogP contribution in [0.1, 0.15) is 53.9 Å². The van der Waals surface area contributed by atoms with Crippen LogP contribution < -0.4 is 5.32 Å². The van der Waals surface area contributed by atoms with Crippen LogP contribution in [0.25, 0.3) is 0 Å². The van der Waals surface area contributed by atoms with Crippen LogP contribution in [-0.2, 0) is 4.74 Å². The van der Waals surface area contributed by atoms with E-state index in [9.17, 15) is 4.79 Å². The van der Waals surface area contributed by atoms with Crippen molar-refractivity contribution in [3.05, 3.63) is 35.4 Å². The van der Waals surface area contributed by atoms with Gasteiger partial charge >= 0.3 is 0 Å². The van der Waals surface area contributed by atoms with Gasteiger partial charge in [-0.15, -0.1) is 0 Å². The third-order valence-corrected chi connectivity index (χ3v) is 3.84. The number of benzene rings is 1. The molecule has 0 bridgehead atoms. The van der Waals surface area contributed by atoms with Crippen molar-refractivity contribution >= 4 is 5.91 Å². The zero-order valence-corrected chi connectivity index (χ0v) is 11.7. The van der Waals surface area contributed by atoms with E-state index >= 15 is 0 Å². The predicted molar refractivity (Wildman–Crippen MR) is 76.5 cm³/mol. The zero-order chi connectivity index (χ0) is 13.5. The molecule has 0 spiro atoms. The number of ether oxygens (including phenoxy) is 1. The summed E-state index contributed by atoms with van der Waals surface area (Å²) in [6.07, 6.45) is 6.63. The van der Waals surface area contributed by atoms with Crippen molar-refractivity contribution < 1.29 is 9.53 Å². The Bertz CT molecular complexity index is 394. The maximum Gasteiger partial charge on any atom is 0.251 e. The number of hydrogen-bond acceptors (Lipinski definition) is 2. The van der Waals surface area contributed by atoms with E-state index in [2.05, 4.69) is 17.4 Å². The van der Waals surface area contributed by atoms with Crippen molar-refractivity contribution in [2.45, 2.75) is 38.0 Å². The van der Waals surface area contributed by atoms with Crippen LogP contribution in [0.2, 0.25) is 0 Å². The third kappa shape index (κ3) is 4.06. The van der Waals surface area contributed by atoms with Gasteiger partial charge in [-0.05, 0) is 36.5 Å². The highest BCUT2D eigenvalue weighted by molar-refractivity contribution is 5.94. The standard InChI is InChI=1S/C16H23NO2/c1-19-12-11-17-16(18)15-9-7-14(8-10-15)13-5-3-2-4-6-13/h7-10,13H,2-6,11-12H2,1H3,(H,17,18). The molecule has 0 saturated heterocycles. The van der Waals surface area contributed by atoms with E-state index < -0.39 is 0 Å². The summed E-state index contributed by atoms with van der Waals surface area (Å²) in [5.41, 5.74) is 2.11. The SMILES string of the molecule is COCCNC(=O)c1ccc(C2CCCCC2)cc1. The number of carbonyl (C=O) groups excluding carboxylic acids is 1. The van der Waals surface area contributed by atoms with Crippen LogP contribution in [0.5, 0.6) is 0 Å². The summed E-state index contributed by atoms with van der Waals surface area (Å²) in [7, 11) is 1.63. The number of rotatable bonds is 5. The summed E-state index contributed by atoms with van der Waals surface area (Å²) in [4.78, 5) is 11.8. The fourth-order valence-electron chi connectivity index (χ4n) is 2.71. The second-order valence-electron chi connectivity index (χ2n) is 5.21. The van der Waals surface area contributed by atoms with Crippen molar-refractivity contribution in [3.8, 4) is 0 Å². The second kappa shape index (κ2) is 7.29. The monoisotopic (exact) mass is 261 g/mol. The van der Waals surface area contributed by atoms with E-state index in [1.54, 1.807) is 7.11 Å². The maximum absolute atomic E-state index is 11.8. The van der Waals surface area contributed by atoms with E-state index in [-0.39, 0.29) is 5.91 Å². The molecule has 1 amide bonds. The molecule has 1 saturated carbocycles. The molecule has 0 unspecified atom stereocenters. The van der Waals surface area contributed by atoms with Gasteiger partial charge in [0, 0.05) is 19.2 Å². The summed E-state index contributed by atoms with van der Waals surface area (Å²) in [5, 5.41) is 2.83. The summed E-state index contributed by atoms with van der Waals surface area (Å²) >= 11 is 0. The van der Waals surface area contributed by atoms with Crippen LogP contribution in [0, 0.1) is 0 Å². The lowest BCUT2D eigenvalue weighted by molar-refractivity contribution is 0.0937. The highest BCUT2D eigenvalue weighted by atomic mass is 16.5. The van der Waals surface area contributed by atoms with Crippen molar-refractivity contribution in [2.75, 3.05) is 20.3 Å². The van der Waals surface area contributed by atoms with Gasteiger partial charge in [-0.3, -0.25) is 4.79 Å². The smallest absolute Gasteiger partial charge is 0.251 e. The van der Waals surface area contributed by atoms with Crippen molar-refractivity contribution in [1.29, 1.82) is 0 Å². The fourth-order valence-corrected chi connectivity index (χ4v) is 2.71. The van der Waals surface area contributed by atoms with Crippen LogP contribution >= 0.6 is 0 Å². The third-order valence-electron chi connectivity index (χ3n) is 3.84. The number of methoxy groups -OCH3 is 1. The van der Waals surface area contributed by atoms with E-state index in [0.29, 0.717) is 19.1 Å². The number of amides is 1. The van der Waals surface area contributed by atoms with E-state index in [0.717, 1.165) is 5.56 Å². The molecule has 19 heavy (non-hydrogen) atoms. The van der Waals surface area contributed by atoms with E-state index in [1.165, 1.54) is 37.7 Å². The summed E-state index contributed by atoms with van der Waals surface area (Å²) in [6, 6.07) is 8.10. The fraction of sp³-hybridized carbons (Fsp3) is 0.562. The molecule has 0 aliphatic heterocycles. The van der Waals surface area contributed by atoms with Crippen LogP contribution in [0.4, 0.5) is 0 Å². The summed E-state index contributed by atoms with van der Waals surface area (Å²) < 4.78 is 4.91. The van der Waals surface area contributed by atoms with Gasteiger partial charge in [-0.2, -0.15) is 0 Å². The molecule has 0 heterocycles. The molecule has 1 aromatic carbocycles. The Morgan fingerprint density at radius 1 is 1.21 bits per heavy atom. The lowest BCUT2D eigenvalue weighted by Gasteiger charge is -2.22. The molecule has 2 rings (SSSR count). The van der Waals surface area contributed by atoms with Gasteiger partial charge in [-0.25, -0.2) is 0 Å². The van der Waals surface area contributed by atoms with E-state index in [4.69, 9.17) is 4.74 Å². The number of nitrogens with one attached hydrogen (secondary N) is 1. The largest absolute Gasteiger partial charge is 0.383 e. The maximum atomic E-state index is 11.8. The Balaban J connectivity index is 1.91. The Morgan fingerprint density at radius 3 is 2.53 bits per heavy atom. The molecule has 1 aliphatic carbocycles. The summed E-state index contributed by atoms with van der Waals surface area (Å²) in [6.45, 7) is 1.10. The summed E-state index contributed by atoms with van der Waals surface area (Å²) in [5.74, 6) is 0.673. The van der Waals surface area contributed by atoms with E-state index in [1.807, 2.05) is 12.1 Å². The van der Waals surface area contributed by atoms with Gasteiger partial charge in [0.05, 0.1) is 6.61 Å². The van der Waals surface area contributed by atoms with Crippen LogP contribution in [0.3, 0.4) is 0 Å². The van der Waals surface area contributed by atoms with Gasteiger partial charge in [0.1, 0.15) is 0 Å². The van der Waals surface area contributed by atoms with Crippen molar-refractivity contribution in [1.82, 2.24) is 5.32 Å². The molecule has 0 radical (unpaired) electrons. The van der Waals surface area contributed by atoms with Crippen molar-refractivity contribution in [3.63, 3.8) is 0 Å². The van der Waals surface area contributed by atoms with Crippen LogP contribution in [-0.4, -0.2) is 26.2 Å². The predicted octanol–water partition coefficient (Wildman–Crippen LogP) is 3.11. The zero-order valence-electron chi connectivity index (χ0n) is 11.7. The molecular weight excluding hydrogens is 238 g/mol. The van der Waals surface area contributed by atoms with Gasteiger partial charge in [0.15, 0.2) is 0 Å². The molecule has 0 atom stereocenters. The highest BCUT2D eigenvalue weighted by Crippen LogP contribution is 2.32. The molecule has 104 valence electrons. The first-order valence-electron chi connectivity index (χ1n) is 7.18.